The monoisotopic (exact) mass is 275 g/mol. The van der Waals surface area contributed by atoms with Gasteiger partial charge in [-0.15, -0.1) is 0 Å². The standard InChI is InChI=1S/C15H17NO4/c1-10-7-16(5-4-12(10)17)8-13(18)11-2-3-14-15(6-11)20-9-19-14/h2-3,6,10H,4-5,7-9H2,1H3. The fourth-order valence-electron chi connectivity index (χ4n) is 2.60. The van der Waals surface area contributed by atoms with Crippen molar-refractivity contribution in [3.63, 3.8) is 0 Å². The van der Waals surface area contributed by atoms with Crippen LogP contribution in [0.3, 0.4) is 0 Å². The molecule has 2 aliphatic rings. The molecule has 0 aromatic heterocycles. The van der Waals surface area contributed by atoms with E-state index >= 15 is 0 Å². The normalized spacial score (nSPS) is 22.1. The van der Waals surface area contributed by atoms with Crippen molar-refractivity contribution >= 4 is 11.6 Å². The number of benzene rings is 1. The van der Waals surface area contributed by atoms with Crippen molar-refractivity contribution < 1.29 is 19.1 Å². The Bertz CT molecular complexity index is 555. The average molecular weight is 275 g/mol. The summed E-state index contributed by atoms with van der Waals surface area (Å²) in [7, 11) is 0. The highest BCUT2D eigenvalue weighted by molar-refractivity contribution is 5.98. The van der Waals surface area contributed by atoms with Crippen molar-refractivity contribution in [1.82, 2.24) is 4.90 Å². The lowest BCUT2D eigenvalue weighted by molar-refractivity contribution is -0.125. The maximum Gasteiger partial charge on any atom is 0.231 e. The molecule has 0 radical (unpaired) electrons. The van der Waals surface area contributed by atoms with E-state index in [1.807, 2.05) is 11.8 Å². The summed E-state index contributed by atoms with van der Waals surface area (Å²) in [5.74, 6) is 1.66. The van der Waals surface area contributed by atoms with Crippen molar-refractivity contribution in [2.24, 2.45) is 5.92 Å². The summed E-state index contributed by atoms with van der Waals surface area (Å²) in [6, 6.07) is 5.25. The van der Waals surface area contributed by atoms with Crippen LogP contribution in [0.2, 0.25) is 0 Å². The molecule has 5 nitrogen and oxygen atoms in total. The van der Waals surface area contributed by atoms with Crippen LogP contribution in [0.15, 0.2) is 18.2 Å². The van der Waals surface area contributed by atoms with Crippen molar-refractivity contribution in [3.8, 4) is 11.5 Å². The summed E-state index contributed by atoms with van der Waals surface area (Å²) in [6.45, 7) is 3.80. The molecule has 5 heteroatoms. The SMILES string of the molecule is CC1CN(CC(=O)c2ccc3c(c2)OCO3)CCC1=O. The van der Waals surface area contributed by atoms with Crippen molar-refractivity contribution in [1.29, 1.82) is 0 Å². The van der Waals surface area contributed by atoms with Gasteiger partial charge >= 0.3 is 0 Å². The molecule has 106 valence electrons. The van der Waals surface area contributed by atoms with Gasteiger partial charge in [-0.05, 0) is 18.2 Å². The second-order valence-electron chi connectivity index (χ2n) is 5.34. The Kier molecular flexibility index (Phi) is 3.44. The molecule has 0 saturated carbocycles. The number of hydrogen-bond acceptors (Lipinski definition) is 5. The topological polar surface area (TPSA) is 55.8 Å². The van der Waals surface area contributed by atoms with Crippen LogP contribution in [0.4, 0.5) is 0 Å². The third-order valence-electron chi connectivity index (χ3n) is 3.82. The van der Waals surface area contributed by atoms with Gasteiger partial charge in [0, 0.05) is 31.0 Å². The number of carbonyl (C=O) groups excluding carboxylic acids is 2. The quantitative estimate of drug-likeness (QED) is 0.783. The smallest absolute Gasteiger partial charge is 0.231 e. The summed E-state index contributed by atoms with van der Waals surface area (Å²) >= 11 is 0. The molecule has 1 aromatic rings. The first kappa shape index (κ1) is 13.1. The molecule has 1 fully saturated rings. The number of ketones is 2. The number of rotatable bonds is 3. The zero-order chi connectivity index (χ0) is 14.1. The molecular weight excluding hydrogens is 258 g/mol. The van der Waals surface area contributed by atoms with Gasteiger partial charge in [0.25, 0.3) is 0 Å². The molecule has 0 bridgehead atoms. The second-order valence-corrected chi connectivity index (χ2v) is 5.34. The third kappa shape index (κ3) is 2.54. The third-order valence-corrected chi connectivity index (χ3v) is 3.82. The first-order valence-corrected chi connectivity index (χ1v) is 6.81. The van der Waals surface area contributed by atoms with Crippen molar-refractivity contribution in [2.75, 3.05) is 26.4 Å². The lowest BCUT2D eigenvalue weighted by Gasteiger charge is -2.29. The first-order chi connectivity index (χ1) is 9.63. The van der Waals surface area contributed by atoms with Gasteiger partial charge in [0.05, 0.1) is 6.54 Å². The van der Waals surface area contributed by atoms with Gasteiger partial charge in [-0.2, -0.15) is 0 Å². The largest absolute Gasteiger partial charge is 0.454 e. The number of likely N-dealkylation sites (tertiary alicyclic amines) is 1. The van der Waals surface area contributed by atoms with E-state index in [2.05, 4.69) is 0 Å². The highest BCUT2D eigenvalue weighted by atomic mass is 16.7. The van der Waals surface area contributed by atoms with E-state index in [0.717, 1.165) is 0 Å². The molecule has 3 rings (SSSR count). The number of fused-ring (bicyclic) bond motifs is 1. The minimum Gasteiger partial charge on any atom is -0.454 e. The molecule has 0 N–H and O–H groups in total. The van der Waals surface area contributed by atoms with Crippen LogP contribution in [0.25, 0.3) is 0 Å². The first-order valence-electron chi connectivity index (χ1n) is 6.81. The summed E-state index contributed by atoms with van der Waals surface area (Å²) in [5.41, 5.74) is 0.624. The highest BCUT2D eigenvalue weighted by Gasteiger charge is 2.25. The van der Waals surface area contributed by atoms with Gasteiger partial charge in [0.1, 0.15) is 5.78 Å². The Hall–Kier alpha value is -1.88. The highest BCUT2D eigenvalue weighted by Crippen LogP contribution is 2.32. The molecule has 0 aliphatic carbocycles. The van der Waals surface area contributed by atoms with E-state index < -0.39 is 0 Å². The number of nitrogens with zero attached hydrogens (tertiary/aromatic N) is 1. The van der Waals surface area contributed by atoms with Gasteiger partial charge in [0.15, 0.2) is 17.3 Å². The minimum absolute atomic E-state index is 0.0216. The Labute approximate surface area is 117 Å². The van der Waals surface area contributed by atoms with E-state index in [1.165, 1.54) is 0 Å². The summed E-state index contributed by atoms with van der Waals surface area (Å²) < 4.78 is 10.5. The molecule has 2 aliphatic heterocycles. The summed E-state index contributed by atoms with van der Waals surface area (Å²) in [6.07, 6.45) is 0.537. The van der Waals surface area contributed by atoms with E-state index in [1.54, 1.807) is 18.2 Å². The van der Waals surface area contributed by atoms with Crippen LogP contribution >= 0.6 is 0 Å². The zero-order valence-electron chi connectivity index (χ0n) is 11.4. The van der Waals surface area contributed by atoms with E-state index in [4.69, 9.17) is 9.47 Å². The predicted octanol–water partition coefficient (Wildman–Crippen LogP) is 1.51. The van der Waals surface area contributed by atoms with Gasteiger partial charge in [-0.1, -0.05) is 6.92 Å². The Balaban J connectivity index is 1.66. The van der Waals surface area contributed by atoms with Crippen LogP contribution < -0.4 is 9.47 Å². The molecule has 0 amide bonds. The average Bonchev–Trinajstić information content (AvgIpc) is 2.90. The van der Waals surface area contributed by atoms with Crippen LogP contribution in [0.1, 0.15) is 23.7 Å². The summed E-state index contributed by atoms with van der Waals surface area (Å²) in [5, 5.41) is 0. The molecule has 1 aromatic carbocycles. The maximum atomic E-state index is 12.3. The minimum atomic E-state index is 0.0216. The van der Waals surface area contributed by atoms with Crippen molar-refractivity contribution in [3.05, 3.63) is 23.8 Å². The lowest BCUT2D eigenvalue weighted by atomic mass is 9.98. The van der Waals surface area contributed by atoms with Crippen LogP contribution in [-0.2, 0) is 4.79 Å². The second kappa shape index (κ2) is 5.25. The Morgan fingerprint density at radius 2 is 2.15 bits per heavy atom. The Morgan fingerprint density at radius 1 is 1.35 bits per heavy atom. The molecule has 2 heterocycles. The van der Waals surface area contributed by atoms with Crippen LogP contribution in [0, 0.1) is 5.92 Å². The Morgan fingerprint density at radius 3 is 2.95 bits per heavy atom. The fraction of sp³-hybridized carbons (Fsp3) is 0.467. The van der Waals surface area contributed by atoms with Crippen molar-refractivity contribution in [2.45, 2.75) is 13.3 Å². The van der Waals surface area contributed by atoms with Gasteiger partial charge in [-0.3, -0.25) is 14.5 Å². The number of carbonyl (C=O) groups is 2. The van der Waals surface area contributed by atoms with Crippen LogP contribution in [0.5, 0.6) is 11.5 Å². The number of Topliss-reactive ketones (excluding diaryl/α,β-unsaturated/α-hetero) is 2. The molecular formula is C15H17NO4. The molecule has 1 atom stereocenters. The van der Waals surface area contributed by atoms with E-state index in [0.29, 0.717) is 43.1 Å². The number of hydrogen-bond donors (Lipinski definition) is 0. The molecule has 20 heavy (non-hydrogen) atoms. The van der Waals surface area contributed by atoms with Crippen LogP contribution in [-0.4, -0.2) is 42.9 Å². The van der Waals surface area contributed by atoms with Gasteiger partial charge in [0.2, 0.25) is 6.79 Å². The predicted molar refractivity (Wildman–Crippen MR) is 72.1 cm³/mol. The van der Waals surface area contributed by atoms with Gasteiger partial charge in [-0.25, -0.2) is 0 Å². The lowest BCUT2D eigenvalue weighted by Crippen LogP contribution is -2.42. The number of piperidine rings is 1. The van der Waals surface area contributed by atoms with E-state index in [9.17, 15) is 9.59 Å². The van der Waals surface area contributed by atoms with E-state index in [-0.39, 0.29) is 24.3 Å². The zero-order valence-corrected chi connectivity index (χ0v) is 11.4. The molecule has 1 unspecified atom stereocenters. The number of ether oxygens (including phenoxy) is 2. The maximum absolute atomic E-state index is 12.3. The summed E-state index contributed by atoms with van der Waals surface area (Å²) in [4.78, 5) is 25.8. The molecule has 0 spiro atoms. The molecule has 1 saturated heterocycles. The fourth-order valence-corrected chi connectivity index (χ4v) is 2.60. The van der Waals surface area contributed by atoms with Gasteiger partial charge < -0.3 is 9.47 Å².